The predicted molar refractivity (Wildman–Crippen MR) is 65.7 cm³/mol. The first-order chi connectivity index (χ1) is 8.65. The Kier molecular flexibility index (Phi) is 6.04. The molecule has 1 atom stereocenters. The van der Waals surface area contributed by atoms with Crippen LogP contribution in [0.4, 0.5) is 0 Å². The van der Waals surface area contributed by atoms with Gasteiger partial charge in [0, 0.05) is 0 Å². The van der Waals surface area contributed by atoms with Crippen LogP contribution in [0.1, 0.15) is 12.5 Å². The third-order valence-electron chi connectivity index (χ3n) is 2.24. The SMILES string of the molecule is CCOC(=O)C(N)C(=O)COCc1ccccc1. The van der Waals surface area contributed by atoms with Crippen LogP contribution in [0.3, 0.4) is 0 Å². The molecule has 0 bridgehead atoms. The van der Waals surface area contributed by atoms with Crippen LogP contribution < -0.4 is 5.73 Å². The molecule has 1 aromatic rings. The van der Waals surface area contributed by atoms with Gasteiger partial charge >= 0.3 is 5.97 Å². The van der Waals surface area contributed by atoms with Crippen molar-refractivity contribution in [2.75, 3.05) is 13.2 Å². The summed E-state index contributed by atoms with van der Waals surface area (Å²) in [6.45, 7) is 1.96. The molecule has 0 saturated heterocycles. The summed E-state index contributed by atoms with van der Waals surface area (Å²) in [5.74, 6) is -1.20. The number of Topliss-reactive ketones (excluding diaryl/α,β-unsaturated/α-hetero) is 1. The minimum atomic E-state index is -1.26. The van der Waals surface area contributed by atoms with E-state index in [9.17, 15) is 9.59 Å². The number of benzene rings is 1. The number of nitrogens with two attached hydrogens (primary N) is 1. The van der Waals surface area contributed by atoms with Crippen molar-refractivity contribution in [3.05, 3.63) is 35.9 Å². The molecule has 0 aliphatic carbocycles. The molecule has 0 aliphatic heterocycles. The average molecular weight is 251 g/mol. The molecule has 98 valence electrons. The molecule has 0 aliphatic rings. The Bertz CT molecular complexity index is 391. The van der Waals surface area contributed by atoms with Crippen LogP contribution >= 0.6 is 0 Å². The summed E-state index contributed by atoms with van der Waals surface area (Å²) >= 11 is 0. The van der Waals surface area contributed by atoms with Crippen molar-refractivity contribution in [3.63, 3.8) is 0 Å². The van der Waals surface area contributed by atoms with Crippen LogP contribution in [-0.2, 0) is 25.7 Å². The van der Waals surface area contributed by atoms with Gasteiger partial charge in [-0.15, -0.1) is 0 Å². The Balaban J connectivity index is 2.31. The lowest BCUT2D eigenvalue weighted by Crippen LogP contribution is -2.42. The van der Waals surface area contributed by atoms with Crippen molar-refractivity contribution >= 4 is 11.8 Å². The number of esters is 1. The highest BCUT2D eigenvalue weighted by molar-refractivity contribution is 6.03. The highest BCUT2D eigenvalue weighted by Crippen LogP contribution is 2.00. The van der Waals surface area contributed by atoms with E-state index in [4.69, 9.17) is 10.5 Å². The Labute approximate surface area is 106 Å². The fourth-order valence-corrected chi connectivity index (χ4v) is 1.30. The maximum absolute atomic E-state index is 11.5. The smallest absolute Gasteiger partial charge is 0.330 e. The third kappa shape index (κ3) is 4.65. The van der Waals surface area contributed by atoms with Crippen LogP contribution in [0, 0.1) is 0 Å². The molecule has 0 saturated carbocycles. The standard InChI is InChI=1S/C13H17NO4/c1-2-18-13(16)12(14)11(15)9-17-8-10-6-4-3-5-7-10/h3-7,12H,2,8-9,14H2,1H3. The molecule has 0 heterocycles. The van der Waals surface area contributed by atoms with Crippen molar-refractivity contribution in [2.45, 2.75) is 19.6 Å². The molecule has 2 N–H and O–H groups in total. The van der Waals surface area contributed by atoms with Crippen molar-refractivity contribution in [1.29, 1.82) is 0 Å². The zero-order valence-corrected chi connectivity index (χ0v) is 10.3. The highest BCUT2D eigenvalue weighted by Gasteiger charge is 2.22. The lowest BCUT2D eigenvalue weighted by Gasteiger charge is -2.09. The third-order valence-corrected chi connectivity index (χ3v) is 2.24. The zero-order valence-electron chi connectivity index (χ0n) is 10.3. The summed E-state index contributed by atoms with van der Waals surface area (Å²) in [5, 5.41) is 0. The predicted octanol–water partition coefficient (Wildman–Crippen LogP) is 0.663. The van der Waals surface area contributed by atoms with Crippen LogP contribution in [0.2, 0.25) is 0 Å². The van der Waals surface area contributed by atoms with Crippen LogP contribution in [0.15, 0.2) is 30.3 Å². The molecule has 18 heavy (non-hydrogen) atoms. The Morgan fingerprint density at radius 1 is 1.28 bits per heavy atom. The molecule has 5 nitrogen and oxygen atoms in total. The minimum absolute atomic E-state index is 0.199. The van der Waals surface area contributed by atoms with E-state index < -0.39 is 17.8 Å². The summed E-state index contributed by atoms with van der Waals surface area (Å²) < 4.78 is 9.84. The number of carbonyl (C=O) groups is 2. The van der Waals surface area contributed by atoms with Gasteiger partial charge in [0.25, 0.3) is 0 Å². The summed E-state index contributed by atoms with van der Waals surface area (Å²) in [7, 11) is 0. The summed E-state index contributed by atoms with van der Waals surface area (Å²) in [4.78, 5) is 22.7. The van der Waals surface area contributed by atoms with E-state index in [1.807, 2.05) is 30.3 Å². The normalized spacial score (nSPS) is 11.9. The Hall–Kier alpha value is -1.72. The van der Waals surface area contributed by atoms with E-state index in [-0.39, 0.29) is 13.2 Å². The van der Waals surface area contributed by atoms with E-state index in [0.29, 0.717) is 6.61 Å². The van der Waals surface area contributed by atoms with Crippen molar-refractivity contribution in [3.8, 4) is 0 Å². The Morgan fingerprint density at radius 3 is 2.56 bits per heavy atom. The lowest BCUT2D eigenvalue weighted by atomic mass is 10.2. The zero-order chi connectivity index (χ0) is 13.4. The van der Waals surface area contributed by atoms with E-state index in [2.05, 4.69) is 4.74 Å². The second kappa shape index (κ2) is 7.58. The van der Waals surface area contributed by atoms with Crippen molar-refractivity contribution < 1.29 is 19.1 Å². The summed E-state index contributed by atoms with van der Waals surface area (Å²) in [6, 6.07) is 8.16. The first kappa shape index (κ1) is 14.3. The first-order valence-electron chi connectivity index (χ1n) is 5.71. The lowest BCUT2D eigenvalue weighted by molar-refractivity contribution is -0.148. The molecule has 1 aromatic carbocycles. The van der Waals surface area contributed by atoms with E-state index in [0.717, 1.165) is 5.56 Å². The fourth-order valence-electron chi connectivity index (χ4n) is 1.30. The molecular weight excluding hydrogens is 234 g/mol. The van der Waals surface area contributed by atoms with E-state index in [1.165, 1.54) is 0 Å². The molecule has 0 fully saturated rings. The monoisotopic (exact) mass is 251 g/mol. The number of hydrogen-bond acceptors (Lipinski definition) is 5. The summed E-state index contributed by atoms with van der Waals surface area (Å²) in [5.41, 5.74) is 6.38. The van der Waals surface area contributed by atoms with Gasteiger partial charge in [-0.05, 0) is 12.5 Å². The molecule has 1 unspecified atom stereocenters. The van der Waals surface area contributed by atoms with Gasteiger partial charge in [0.1, 0.15) is 6.61 Å². The van der Waals surface area contributed by atoms with Crippen molar-refractivity contribution in [2.24, 2.45) is 5.73 Å². The highest BCUT2D eigenvalue weighted by atomic mass is 16.5. The second-order valence-electron chi connectivity index (χ2n) is 3.67. The molecule has 5 heteroatoms. The van der Waals surface area contributed by atoms with Gasteiger partial charge in [-0.1, -0.05) is 30.3 Å². The van der Waals surface area contributed by atoms with Gasteiger partial charge in [0.2, 0.25) is 0 Å². The molecule has 1 rings (SSSR count). The van der Waals surface area contributed by atoms with Gasteiger partial charge < -0.3 is 15.2 Å². The van der Waals surface area contributed by atoms with Gasteiger partial charge in [0.15, 0.2) is 11.8 Å². The van der Waals surface area contributed by atoms with Crippen LogP contribution in [0.25, 0.3) is 0 Å². The van der Waals surface area contributed by atoms with Crippen molar-refractivity contribution in [1.82, 2.24) is 0 Å². The van der Waals surface area contributed by atoms with E-state index in [1.54, 1.807) is 6.92 Å². The second-order valence-corrected chi connectivity index (χ2v) is 3.67. The van der Waals surface area contributed by atoms with Gasteiger partial charge in [-0.2, -0.15) is 0 Å². The molecular formula is C13H17NO4. The van der Waals surface area contributed by atoms with E-state index >= 15 is 0 Å². The number of carbonyl (C=O) groups excluding carboxylic acids is 2. The largest absolute Gasteiger partial charge is 0.464 e. The number of hydrogen-bond donors (Lipinski definition) is 1. The average Bonchev–Trinajstić information content (AvgIpc) is 2.39. The molecule has 0 spiro atoms. The molecule has 0 radical (unpaired) electrons. The number of ketones is 1. The maximum Gasteiger partial charge on any atom is 0.330 e. The Morgan fingerprint density at radius 2 is 1.94 bits per heavy atom. The number of ether oxygens (including phenoxy) is 2. The van der Waals surface area contributed by atoms with Crippen LogP contribution in [-0.4, -0.2) is 31.0 Å². The fraction of sp³-hybridized carbons (Fsp3) is 0.385. The minimum Gasteiger partial charge on any atom is -0.464 e. The van der Waals surface area contributed by atoms with Gasteiger partial charge in [-0.3, -0.25) is 4.79 Å². The maximum atomic E-state index is 11.5. The molecule has 0 aromatic heterocycles. The first-order valence-corrected chi connectivity index (χ1v) is 5.71. The summed E-state index contributed by atoms with van der Waals surface area (Å²) in [6.07, 6.45) is 0. The topological polar surface area (TPSA) is 78.6 Å². The molecule has 0 amide bonds. The van der Waals surface area contributed by atoms with Crippen LogP contribution in [0.5, 0.6) is 0 Å². The van der Waals surface area contributed by atoms with Gasteiger partial charge in [-0.25, -0.2) is 4.79 Å². The number of rotatable bonds is 7. The quantitative estimate of drug-likeness (QED) is 0.569. The van der Waals surface area contributed by atoms with Gasteiger partial charge in [0.05, 0.1) is 13.2 Å².